The smallest absolute Gasteiger partial charge is 0.267 e. The van der Waals surface area contributed by atoms with Crippen LogP contribution in [0.2, 0.25) is 0 Å². The summed E-state index contributed by atoms with van der Waals surface area (Å²) in [6, 6.07) is 8.05. The highest BCUT2D eigenvalue weighted by atomic mass is 32.1. The molecule has 1 aromatic heterocycles. The zero-order valence-electron chi connectivity index (χ0n) is 14.2. The summed E-state index contributed by atoms with van der Waals surface area (Å²) in [5.41, 5.74) is 1.95. The molecule has 5 nitrogen and oxygen atoms in total. The molecule has 0 saturated carbocycles. The number of aryl methyl sites for hydroxylation is 2. The average Bonchev–Trinajstić information content (AvgIpc) is 3.09. The second kappa shape index (κ2) is 7.75. The van der Waals surface area contributed by atoms with Gasteiger partial charge in [-0.2, -0.15) is 0 Å². The molecule has 1 aliphatic heterocycles. The molecular formula is C18H23N3O2S. The molecule has 1 aliphatic rings. The first-order valence-corrected chi connectivity index (χ1v) is 9.25. The van der Waals surface area contributed by atoms with E-state index in [0.29, 0.717) is 17.4 Å². The largest absolute Gasteiger partial charge is 0.493 e. The quantitative estimate of drug-likeness (QED) is 0.834. The number of hydrogen-bond donors (Lipinski definition) is 0. The van der Waals surface area contributed by atoms with Crippen LogP contribution in [0.15, 0.2) is 24.3 Å². The van der Waals surface area contributed by atoms with Gasteiger partial charge in [-0.3, -0.25) is 4.79 Å². The third-order valence-electron chi connectivity index (χ3n) is 4.46. The van der Waals surface area contributed by atoms with Gasteiger partial charge in [0.05, 0.1) is 12.3 Å². The van der Waals surface area contributed by atoms with E-state index in [0.717, 1.165) is 49.4 Å². The van der Waals surface area contributed by atoms with Crippen LogP contribution < -0.4 is 4.74 Å². The van der Waals surface area contributed by atoms with Gasteiger partial charge < -0.3 is 9.64 Å². The predicted octanol–water partition coefficient (Wildman–Crippen LogP) is 3.34. The van der Waals surface area contributed by atoms with E-state index in [2.05, 4.69) is 22.6 Å². The fourth-order valence-corrected chi connectivity index (χ4v) is 3.78. The van der Waals surface area contributed by atoms with Crippen LogP contribution in [-0.2, 0) is 6.42 Å². The summed E-state index contributed by atoms with van der Waals surface area (Å²) < 4.78 is 9.91. The van der Waals surface area contributed by atoms with Crippen molar-refractivity contribution in [2.45, 2.75) is 33.1 Å². The number of carbonyl (C=O) groups excluding carboxylic acids is 1. The van der Waals surface area contributed by atoms with Crippen molar-refractivity contribution < 1.29 is 9.53 Å². The zero-order valence-corrected chi connectivity index (χ0v) is 15.0. The topological polar surface area (TPSA) is 55.3 Å². The molecule has 3 rings (SSSR count). The van der Waals surface area contributed by atoms with E-state index >= 15 is 0 Å². The van der Waals surface area contributed by atoms with Gasteiger partial charge in [0.1, 0.15) is 10.6 Å². The number of piperidine rings is 1. The summed E-state index contributed by atoms with van der Waals surface area (Å²) in [6.07, 6.45) is 2.85. The van der Waals surface area contributed by atoms with Crippen LogP contribution >= 0.6 is 11.5 Å². The first-order valence-electron chi connectivity index (χ1n) is 8.48. The minimum absolute atomic E-state index is 0.0717. The fraction of sp³-hybridized carbons (Fsp3) is 0.500. The molecule has 0 bridgehead atoms. The van der Waals surface area contributed by atoms with E-state index in [1.165, 1.54) is 11.5 Å². The average molecular weight is 345 g/mol. The number of aromatic nitrogens is 2. The van der Waals surface area contributed by atoms with Gasteiger partial charge in [0.25, 0.3) is 5.91 Å². The lowest BCUT2D eigenvalue weighted by molar-refractivity contribution is 0.0636. The lowest BCUT2D eigenvalue weighted by Gasteiger charge is -2.32. The van der Waals surface area contributed by atoms with Gasteiger partial charge in [-0.1, -0.05) is 29.6 Å². The van der Waals surface area contributed by atoms with Crippen LogP contribution in [0.25, 0.3) is 0 Å². The maximum atomic E-state index is 12.7. The number of amides is 1. The summed E-state index contributed by atoms with van der Waals surface area (Å²) in [6.45, 7) is 6.25. The molecule has 24 heavy (non-hydrogen) atoms. The lowest BCUT2D eigenvalue weighted by Crippen LogP contribution is -2.41. The summed E-state index contributed by atoms with van der Waals surface area (Å²) in [4.78, 5) is 15.4. The van der Waals surface area contributed by atoms with Crippen LogP contribution in [0.4, 0.5) is 0 Å². The van der Waals surface area contributed by atoms with Crippen LogP contribution in [0.3, 0.4) is 0 Å². The molecule has 0 spiro atoms. The van der Waals surface area contributed by atoms with E-state index in [-0.39, 0.29) is 5.91 Å². The van der Waals surface area contributed by atoms with Gasteiger partial charge in [0.15, 0.2) is 0 Å². The third kappa shape index (κ3) is 3.75. The molecule has 128 valence electrons. The Hall–Kier alpha value is -1.95. The Kier molecular flexibility index (Phi) is 5.45. The fourth-order valence-electron chi connectivity index (χ4n) is 3.06. The SMILES string of the molecule is CCc1nnsc1C(=O)N1CCC[C@@H](COc2ccccc2C)C1. The highest BCUT2D eigenvalue weighted by molar-refractivity contribution is 7.08. The monoisotopic (exact) mass is 345 g/mol. The van der Waals surface area contributed by atoms with Crippen molar-refractivity contribution in [2.24, 2.45) is 5.92 Å². The molecule has 1 saturated heterocycles. The number of para-hydroxylation sites is 1. The van der Waals surface area contributed by atoms with Gasteiger partial charge in [-0.25, -0.2) is 0 Å². The highest BCUT2D eigenvalue weighted by Gasteiger charge is 2.27. The normalized spacial score (nSPS) is 17.8. The lowest BCUT2D eigenvalue weighted by atomic mass is 9.98. The van der Waals surface area contributed by atoms with E-state index in [4.69, 9.17) is 4.74 Å². The Morgan fingerprint density at radius 1 is 1.42 bits per heavy atom. The molecule has 1 fully saturated rings. The number of benzene rings is 1. The number of likely N-dealkylation sites (tertiary alicyclic amines) is 1. The second-order valence-corrected chi connectivity index (χ2v) is 6.99. The molecular weight excluding hydrogens is 322 g/mol. The molecule has 2 aromatic rings. The van der Waals surface area contributed by atoms with Gasteiger partial charge in [-0.05, 0) is 49.3 Å². The Morgan fingerprint density at radius 2 is 2.25 bits per heavy atom. The molecule has 1 atom stereocenters. The standard InChI is InChI=1S/C18H23N3O2S/c1-3-15-17(24-20-19-15)18(22)21-10-6-8-14(11-21)12-23-16-9-5-4-7-13(16)2/h4-5,7,9,14H,3,6,8,10-12H2,1-2H3/t14-/m1/s1. The summed E-state index contributed by atoms with van der Waals surface area (Å²) >= 11 is 1.21. The van der Waals surface area contributed by atoms with Crippen LogP contribution in [0.5, 0.6) is 5.75 Å². The van der Waals surface area contributed by atoms with E-state index in [9.17, 15) is 4.79 Å². The number of rotatable bonds is 5. The first kappa shape index (κ1) is 16.9. The minimum Gasteiger partial charge on any atom is -0.493 e. The zero-order chi connectivity index (χ0) is 16.9. The van der Waals surface area contributed by atoms with Crippen LogP contribution in [0, 0.1) is 12.8 Å². The van der Waals surface area contributed by atoms with E-state index in [1.807, 2.05) is 30.0 Å². The number of nitrogens with zero attached hydrogens (tertiary/aromatic N) is 3. The Labute approximate surface area is 146 Å². The van der Waals surface area contributed by atoms with Crippen molar-refractivity contribution >= 4 is 17.4 Å². The molecule has 0 unspecified atom stereocenters. The minimum atomic E-state index is 0.0717. The van der Waals surface area contributed by atoms with Crippen LogP contribution in [-0.4, -0.2) is 40.1 Å². The van der Waals surface area contributed by atoms with Crippen molar-refractivity contribution in [3.05, 3.63) is 40.4 Å². The third-order valence-corrected chi connectivity index (χ3v) is 5.22. The van der Waals surface area contributed by atoms with Crippen LogP contribution in [0.1, 0.15) is 40.7 Å². The molecule has 0 radical (unpaired) electrons. The van der Waals surface area contributed by atoms with Gasteiger partial charge >= 0.3 is 0 Å². The molecule has 1 amide bonds. The van der Waals surface area contributed by atoms with Crippen molar-refractivity contribution in [2.75, 3.05) is 19.7 Å². The summed E-state index contributed by atoms with van der Waals surface area (Å²) in [5, 5.41) is 4.05. The molecule has 0 N–H and O–H groups in total. The number of hydrogen-bond acceptors (Lipinski definition) is 5. The van der Waals surface area contributed by atoms with Gasteiger partial charge in [0, 0.05) is 19.0 Å². The number of carbonyl (C=O) groups is 1. The predicted molar refractivity (Wildman–Crippen MR) is 94.6 cm³/mol. The van der Waals surface area contributed by atoms with Gasteiger partial charge in [-0.15, -0.1) is 5.10 Å². The summed E-state index contributed by atoms with van der Waals surface area (Å²) in [7, 11) is 0. The summed E-state index contributed by atoms with van der Waals surface area (Å²) in [5.74, 6) is 1.37. The molecule has 2 heterocycles. The number of ether oxygens (including phenoxy) is 1. The maximum absolute atomic E-state index is 12.7. The maximum Gasteiger partial charge on any atom is 0.267 e. The Balaban J connectivity index is 1.60. The molecule has 6 heteroatoms. The van der Waals surface area contributed by atoms with Crippen molar-refractivity contribution in [1.29, 1.82) is 0 Å². The van der Waals surface area contributed by atoms with E-state index in [1.54, 1.807) is 0 Å². The highest BCUT2D eigenvalue weighted by Crippen LogP contribution is 2.23. The Bertz CT molecular complexity index is 701. The second-order valence-electron chi connectivity index (χ2n) is 6.24. The van der Waals surface area contributed by atoms with Crippen molar-refractivity contribution in [3.8, 4) is 5.75 Å². The van der Waals surface area contributed by atoms with Crippen molar-refractivity contribution in [3.63, 3.8) is 0 Å². The molecule has 0 aliphatic carbocycles. The molecule has 1 aromatic carbocycles. The van der Waals surface area contributed by atoms with Gasteiger partial charge in [0.2, 0.25) is 0 Å². The Morgan fingerprint density at radius 3 is 3.04 bits per heavy atom. The van der Waals surface area contributed by atoms with Crippen molar-refractivity contribution in [1.82, 2.24) is 14.5 Å². The van der Waals surface area contributed by atoms with E-state index < -0.39 is 0 Å². The first-order chi connectivity index (χ1) is 11.7.